The number of hydrogen-bond acceptors (Lipinski definition) is 4. The van der Waals surface area contributed by atoms with Crippen molar-refractivity contribution < 1.29 is 14.3 Å². The van der Waals surface area contributed by atoms with Gasteiger partial charge >= 0.3 is 0 Å². The van der Waals surface area contributed by atoms with E-state index in [1.54, 1.807) is 20.1 Å². The van der Waals surface area contributed by atoms with Crippen LogP contribution >= 0.6 is 24.0 Å². The predicted molar refractivity (Wildman–Crippen MR) is 132 cm³/mol. The normalized spacial score (nSPS) is 13.4. The van der Waals surface area contributed by atoms with Gasteiger partial charge in [-0.15, -0.1) is 24.0 Å². The second-order valence-electron chi connectivity index (χ2n) is 7.28. The fourth-order valence-electron chi connectivity index (χ4n) is 3.08. The molecule has 0 spiro atoms. The van der Waals surface area contributed by atoms with Crippen LogP contribution in [0.3, 0.4) is 0 Å². The third kappa shape index (κ3) is 6.12. The first-order valence-electron chi connectivity index (χ1n) is 9.79. The van der Waals surface area contributed by atoms with Crippen LogP contribution in [0.25, 0.3) is 10.8 Å². The van der Waals surface area contributed by atoms with Crippen LogP contribution in [-0.4, -0.2) is 31.3 Å². The second kappa shape index (κ2) is 10.7. The number of nitrogens with one attached hydrogen (secondary N) is 2. The number of ether oxygens (including phenoxy) is 1. The highest BCUT2D eigenvalue weighted by Gasteiger charge is 2.27. The summed E-state index contributed by atoms with van der Waals surface area (Å²) in [5.41, 5.74) is -0.0276. The Morgan fingerprint density at radius 3 is 2.50 bits per heavy atom. The molecule has 1 atom stereocenters. The summed E-state index contributed by atoms with van der Waals surface area (Å²) in [6.07, 6.45) is 0. The first-order chi connectivity index (χ1) is 13.9. The average Bonchev–Trinajstić information content (AvgIpc) is 3.17. The Kier molecular flexibility index (Phi) is 8.54. The van der Waals surface area contributed by atoms with E-state index in [1.165, 1.54) is 0 Å². The largest absolute Gasteiger partial charge is 0.497 e. The number of guanidine groups is 1. The van der Waals surface area contributed by atoms with E-state index in [2.05, 4.69) is 33.8 Å². The SMILES string of the molecule is CCNC(=NCc1ccc2cc(OC)ccc2c1)NCC(C)(O)c1ccc(C)o1.I. The summed E-state index contributed by atoms with van der Waals surface area (Å²) >= 11 is 0. The van der Waals surface area contributed by atoms with Gasteiger partial charge in [-0.05, 0) is 67.4 Å². The Bertz CT molecular complexity index is 998. The quantitative estimate of drug-likeness (QED) is 0.244. The summed E-state index contributed by atoms with van der Waals surface area (Å²) in [7, 11) is 1.67. The molecule has 162 valence electrons. The minimum Gasteiger partial charge on any atom is -0.497 e. The molecule has 0 fully saturated rings. The van der Waals surface area contributed by atoms with Gasteiger partial charge in [0.1, 0.15) is 22.9 Å². The van der Waals surface area contributed by atoms with Crippen molar-refractivity contribution in [1.82, 2.24) is 10.6 Å². The smallest absolute Gasteiger partial charge is 0.191 e. The molecule has 0 radical (unpaired) electrons. The van der Waals surface area contributed by atoms with Crippen LogP contribution in [0.5, 0.6) is 5.75 Å². The number of hydrogen-bond donors (Lipinski definition) is 3. The van der Waals surface area contributed by atoms with E-state index in [-0.39, 0.29) is 30.5 Å². The first kappa shape index (κ1) is 24.0. The molecule has 2 aromatic carbocycles. The van der Waals surface area contributed by atoms with E-state index in [1.807, 2.05) is 38.1 Å². The summed E-state index contributed by atoms with van der Waals surface area (Å²) in [6, 6.07) is 15.9. The Hall–Kier alpha value is -2.26. The van der Waals surface area contributed by atoms with E-state index in [0.717, 1.165) is 34.4 Å². The number of halogens is 1. The van der Waals surface area contributed by atoms with E-state index in [9.17, 15) is 5.11 Å². The molecular weight excluding hydrogens is 493 g/mol. The molecule has 7 heteroatoms. The molecule has 0 saturated heterocycles. The zero-order valence-corrected chi connectivity index (χ0v) is 20.2. The topological polar surface area (TPSA) is 79.0 Å². The molecule has 6 nitrogen and oxygen atoms in total. The van der Waals surface area contributed by atoms with Gasteiger partial charge in [-0.1, -0.05) is 18.2 Å². The Morgan fingerprint density at radius 2 is 1.83 bits per heavy atom. The van der Waals surface area contributed by atoms with Crippen LogP contribution in [0.1, 0.15) is 30.9 Å². The summed E-state index contributed by atoms with van der Waals surface area (Å²) in [6.45, 7) is 7.13. The van der Waals surface area contributed by atoms with E-state index in [4.69, 9.17) is 9.15 Å². The van der Waals surface area contributed by atoms with E-state index < -0.39 is 5.60 Å². The fraction of sp³-hybridized carbons (Fsp3) is 0.348. The monoisotopic (exact) mass is 523 g/mol. The van der Waals surface area contributed by atoms with Crippen LogP contribution in [-0.2, 0) is 12.1 Å². The van der Waals surface area contributed by atoms with Crippen molar-refractivity contribution in [2.75, 3.05) is 20.2 Å². The maximum absolute atomic E-state index is 10.7. The number of fused-ring (bicyclic) bond motifs is 1. The van der Waals surface area contributed by atoms with Gasteiger partial charge in [0.25, 0.3) is 0 Å². The lowest BCUT2D eigenvalue weighted by Crippen LogP contribution is -2.44. The predicted octanol–water partition coefficient (Wildman–Crippen LogP) is 4.33. The van der Waals surface area contributed by atoms with Crippen LogP contribution < -0.4 is 15.4 Å². The molecule has 30 heavy (non-hydrogen) atoms. The molecule has 3 rings (SSSR count). The Morgan fingerprint density at radius 1 is 1.10 bits per heavy atom. The molecule has 1 unspecified atom stereocenters. The highest BCUT2D eigenvalue weighted by Crippen LogP contribution is 2.23. The fourth-order valence-corrected chi connectivity index (χ4v) is 3.08. The third-order valence-corrected chi connectivity index (χ3v) is 4.75. The van der Waals surface area contributed by atoms with Crippen LogP contribution in [0.4, 0.5) is 0 Å². The van der Waals surface area contributed by atoms with Crippen LogP contribution in [0.15, 0.2) is 57.9 Å². The number of furan rings is 1. The highest BCUT2D eigenvalue weighted by molar-refractivity contribution is 14.0. The number of nitrogens with zero attached hydrogens (tertiary/aromatic N) is 1. The number of methoxy groups -OCH3 is 1. The minimum absolute atomic E-state index is 0. The van der Waals surface area contributed by atoms with E-state index >= 15 is 0 Å². The molecule has 0 aliphatic carbocycles. The average molecular weight is 523 g/mol. The van der Waals surface area contributed by atoms with E-state index in [0.29, 0.717) is 18.3 Å². The van der Waals surface area contributed by atoms with Crippen LogP contribution in [0.2, 0.25) is 0 Å². The molecule has 1 heterocycles. The second-order valence-corrected chi connectivity index (χ2v) is 7.28. The van der Waals surface area contributed by atoms with Gasteiger partial charge in [-0.25, -0.2) is 4.99 Å². The van der Waals surface area contributed by atoms with Gasteiger partial charge < -0.3 is 24.9 Å². The minimum atomic E-state index is -1.13. The van der Waals surface area contributed by atoms with Gasteiger partial charge in [0.05, 0.1) is 20.2 Å². The molecule has 0 aliphatic rings. The van der Waals surface area contributed by atoms with Crippen molar-refractivity contribution in [3.63, 3.8) is 0 Å². The van der Waals surface area contributed by atoms with Gasteiger partial charge in [-0.3, -0.25) is 0 Å². The lowest BCUT2D eigenvalue weighted by molar-refractivity contribution is 0.0378. The van der Waals surface area contributed by atoms with Crippen molar-refractivity contribution >= 4 is 40.7 Å². The maximum Gasteiger partial charge on any atom is 0.191 e. The van der Waals surface area contributed by atoms with Crippen molar-refractivity contribution in [3.05, 3.63) is 65.6 Å². The molecule has 0 bridgehead atoms. The van der Waals surface area contributed by atoms with Crippen molar-refractivity contribution in [1.29, 1.82) is 0 Å². The number of aryl methyl sites for hydroxylation is 1. The summed E-state index contributed by atoms with van der Waals surface area (Å²) in [5, 5.41) is 19.4. The lowest BCUT2D eigenvalue weighted by Gasteiger charge is -2.22. The summed E-state index contributed by atoms with van der Waals surface area (Å²) in [5.74, 6) is 2.80. The molecule has 0 amide bonds. The number of benzene rings is 2. The molecular formula is C23H30IN3O3. The van der Waals surface area contributed by atoms with Gasteiger partial charge in [0, 0.05) is 6.54 Å². The third-order valence-electron chi connectivity index (χ3n) is 4.75. The standard InChI is InChI=1S/C23H29N3O3.HI/c1-5-24-22(26-15-23(3,27)21-11-6-16(2)29-21)25-14-17-7-8-19-13-20(28-4)10-9-18(19)12-17;/h6-13,27H,5,14-15H2,1-4H3,(H2,24,25,26);1H. The van der Waals surface area contributed by atoms with Gasteiger partial charge in [0.2, 0.25) is 0 Å². The molecule has 1 aromatic heterocycles. The number of aliphatic imine (C=N–C) groups is 1. The zero-order chi connectivity index (χ0) is 20.9. The molecule has 0 saturated carbocycles. The maximum atomic E-state index is 10.7. The Balaban J connectivity index is 0.00000320. The molecule has 3 N–H and O–H groups in total. The molecule has 0 aliphatic heterocycles. The zero-order valence-electron chi connectivity index (χ0n) is 17.9. The first-order valence-corrected chi connectivity index (χ1v) is 9.79. The number of rotatable bonds is 7. The summed E-state index contributed by atoms with van der Waals surface area (Å²) < 4.78 is 10.8. The van der Waals surface area contributed by atoms with Gasteiger partial charge in [0.15, 0.2) is 5.96 Å². The Labute approximate surface area is 194 Å². The van der Waals surface area contributed by atoms with Crippen molar-refractivity contribution in [3.8, 4) is 5.75 Å². The van der Waals surface area contributed by atoms with Crippen LogP contribution in [0, 0.1) is 6.92 Å². The molecule has 3 aromatic rings. The number of aliphatic hydroxyl groups is 1. The van der Waals surface area contributed by atoms with Crippen molar-refractivity contribution in [2.45, 2.75) is 32.9 Å². The summed E-state index contributed by atoms with van der Waals surface area (Å²) in [4.78, 5) is 4.65. The highest BCUT2D eigenvalue weighted by atomic mass is 127. The van der Waals surface area contributed by atoms with Crippen molar-refractivity contribution in [2.24, 2.45) is 4.99 Å². The lowest BCUT2D eigenvalue weighted by atomic mass is 10.0. The van der Waals surface area contributed by atoms with Gasteiger partial charge in [-0.2, -0.15) is 0 Å².